The molecule has 20 heavy (non-hydrogen) atoms. The molecule has 0 aliphatic heterocycles. The average Bonchev–Trinajstić information content (AvgIpc) is 2.46. The molecule has 0 radical (unpaired) electrons. The monoisotopic (exact) mass is 268 g/mol. The van der Waals surface area contributed by atoms with Gasteiger partial charge in [0.05, 0.1) is 0 Å². The molecule has 0 fully saturated rings. The van der Waals surface area contributed by atoms with Crippen LogP contribution >= 0.6 is 0 Å². The molecule has 0 unspecified atom stereocenters. The number of rotatable bonds is 6. The molecule has 1 heterocycles. The van der Waals surface area contributed by atoms with Crippen LogP contribution in [0.1, 0.15) is 16.8 Å². The molecule has 0 spiro atoms. The summed E-state index contributed by atoms with van der Waals surface area (Å²) in [4.78, 5) is 6.54. The molecule has 1 aromatic carbocycles. The fraction of sp³-hybridized carbons (Fsp3) is 0.250. The number of likely N-dealkylation sites (N-methyl/N-ethyl adjacent to an activating group) is 1. The first-order valence-corrected chi connectivity index (χ1v) is 6.67. The molecule has 3 N–H and O–H groups in total. The Labute approximate surface area is 119 Å². The van der Waals surface area contributed by atoms with Crippen molar-refractivity contribution in [2.45, 2.75) is 13.0 Å². The number of nitrogens with two attached hydrogens (primary N) is 1. The maximum atomic E-state index is 7.61. The number of aromatic nitrogens is 1. The third-order valence-corrected chi connectivity index (χ3v) is 3.22. The highest BCUT2D eigenvalue weighted by atomic mass is 15.1. The Bertz CT molecular complexity index is 566. The Morgan fingerprint density at radius 2 is 1.95 bits per heavy atom. The van der Waals surface area contributed by atoms with Crippen molar-refractivity contribution in [2.24, 2.45) is 5.73 Å². The molecule has 4 nitrogen and oxygen atoms in total. The van der Waals surface area contributed by atoms with Crippen molar-refractivity contribution in [2.75, 3.05) is 13.6 Å². The zero-order chi connectivity index (χ0) is 14.4. The first-order valence-electron chi connectivity index (χ1n) is 6.67. The minimum atomic E-state index is 0.124. The van der Waals surface area contributed by atoms with Gasteiger partial charge in [-0.1, -0.05) is 30.3 Å². The van der Waals surface area contributed by atoms with Crippen molar-refractivity contribution in [1.82, 2.24) is 9.88 Å². The third-order valence-electron chi connectivity index (χ3n) is 3.22. The van der Waals surface area contributed by atoms with Crippen LogP contribution in [0, 0.1) is 5.41 Å². The third kappa shape index (κ3) is 3.90. The Balaban J connectivity index is 1.95. The second-order valence-corrected chi connectivity index (χ2v) is 4.88. The fourth-order valence-electron chi connectivity index (χ4n) is 2.14. The Morgan fingerprint density at radius 3 is 2.65 bits per heavy atom. The van der Waals surface area contributed by atoms with E-state index in [0.29, 0.717) is 0 Å². The van der Waals surface area contributed by atoms with Crippen LogP contribution in [-0.4, -0.2) is 29.3 Å². The van der Waals surface area contributed by atoms with Gasteiger partial charge in [-0.15, -0.1) is 0 Å². The van der Waals surface area contributed by atoms with Crippen LogP contribution in [0.4, 0.5) is 0 Å². The summed E-state index contributed by atoms with van der Waals surface area (Å²) < 4.78 is 0. The van der Waals surface area contributed by atoms with Gasteiger partial charge in [0, 0.05) is 37.0 Å². The molecule has 0 amide bonds. The first kappa shape index (κ1) is 14.2. The van der Waals surface area contributed by atoms with E-state index < -0.39 is 0 Å². The number of amidine groups is 1. The molecule has 2 rings (SSSR count). The normalized spacial score (nSPS) is 10.7. The number of pyridine rings is 1. The van der Waals surface area contributed by atoms with E-state index in [0.717, 1.165) is 36.3 Å². The zero-order valence-electron chi connectivity index (χ0n) is 11.7. The van der Waals surface area contributed by atoms with Crippen LogP contribution < -0.4 is 5.73 Å². The van der Waals surface area contributed by atoms with Crippen LogP contribution in [0.5, 0.6) is 0 Å². The molecule has 0 aliphatic carbocycles. The zero-order valence-corrected chi connectivity index (χ0v) is 11.7. The Morgan fingerprint density at radius 1 is 1.20 bits per heavy atom. The number of nitrogens with one attached hydrogen (secondary N) is 1. The molecular weight excluding hydrogens is 248 g/mol. The summed E-state index contributed by atoms with van der Waals surface area (Å²) in [5.74, 6) is 0.124. The lowest BCUT2D eigenvalue weighted by Gasteiger charge is -2.18. The molecule has 0 atom stereocenters. The van der Waals surface area contributed by atoms with Crippen LogP contribution in [0.3, 0.4) is 0 Å². The number of nitrogens with zero attached hydrogens (tertiary/aromatic N) is 2. The highest BCUT2D eigenvalue weighted by Crippen LogP contribution is 2.10. The lowest BCUT2D eigenvalue weighted by Crippen LogP contribution is -2.23. The van der Waals surface area contributed by atoms with Crippen molar-refractivity contribution in [3.63, 3.8) is 0 Å². The van der Waals surface area contributed by atoms with Gasteiger partial charge < -0.3 is 10.6 Å². The minimum absolute atomic E-state index is 0.124. The first-order chi connectivity index (χ1) is 9.66. The number of benzene rings is 1. The van der Waals surface area contributed by atoms with E-state index in [2.05, 4.69) is 16.9 Å². The quantitative estimate of drug-likeness (QED) is 0.622. The maximum absolute atomic E-state index is 7.61. The number of hydrogen-bond donors (Lipinski definition) is 2. The largest absolute Gasteiger partial charge is 0.384 e. The van der Waals surface area contributed by atoms with Gasteiger partial charge in [0.15, 0.2) is 0 Å². The van der Waals surface area contributed by atoms with Gasteiger partial charge in [0.25, 0.3) is 0 Å². The highest BCUT2D eigenvalue weighted by Gasteiger charge is 2.07. The lowest BCUT2D eigenvalue weighted by atomic mass is 10.1. The second kappa shape index (κ2) is 6.82. The van der Waals surface area contributed by atoms with Crippen LogP contribution in [0.2, 0.25) is 0 Å². The van der Waals surface area contributed by atoms with Gasteiger partial charge in [-0.05, 0) is 24.7 Å². The van der Waals surface area contributed by atoms with E-state index >= 15 is 0 Å². The number of nitrogen functional groups attached to an aromatic ring is 1. The van der Waals surface area contributed by atoms with Crippen molar-refractivity contribution in [1.29, 1.82) is 5.41 Å². The van der Waals surface area contributed by atoms with Gasteiger partial charge in [-0.2, -0.15) is 0 Å². The molecule has 0 aliphatic rings. The second-order valence-electron chi connectivity index (χ2n) is 4.88. The molecule has 0 saturated heterocycles. The summed E-state index contributed by atoms with van der Waals surface area (Å²) in [5, 5.41) is 7.61. The molecule has 0 bridgehead atoms. The van der Waals surface area contributed by atoms with Crippen LogP contribution in [0.25, 0.3) is 0 Å². The van der Waals surface area contributed by atoms with Crippen molar-refractivity contribution >= 4 is 5.84 Å². The highest BCUT2D eigenvalue weighted by molar-refractivity contribution is 5.96. The summed E-state index contributed by atoms with van der Waals surface area (Å²) in [6.45, 7) is 1.70. The lowest BCUT2D eigenvalue weighted by molar-refractivity contribution is 0.330. The average molecular weight is 268 g/mol. The van der Waals surface area contributed by atoms with E-state index in [-0.39, 0.29) is 5.84 Å². The number of hydrogen-bond acceptors (Lipinski definition) is 3. The Hall–Kier alpha value is -2.20. The van der Waals surface area contributed by atoms with Gasteiger partial charge in [-0.25, -0.2) is 0 Å². The molecule has 0 saturated carbocycles. The minimum Gasteiger partial charge on any atom is -0.384 e. The summed E-state index contributed by atoms with van der Waals surface area (Å²) in [7, 11) is 2.07. The van der Waals surface area contributed by atoms with Gasteiger partial charge in [0.1, 0.15) is 5.84 Å². The summed E-state index contributed by atoms with van der Waals surface area (Å²) >= 11 is 0. The van der Waals surface area contributed by atoms with Gasteiger partial charge in [0.2, 0.25) is 0 Å². The van der Waals surface area contributed by atoms with Gasteiger partial charge in [-0.3, -0.25) is 10.4 Å². The van der Waals surface area contributed by atoms with Crippen LogP contribution in [0.15, 0.2) is 48.7 Å². The van der Waals surface area contributed by atoms with E-state index in [9.17, 15) is 0 Å². The maximum Gasteiger partial charge on any atom is 0.123 e. The summed E-state index contributed by atoms with van der Waals surface area (Å²) in [6.07, 6.45) is 2.74. The smallest absolute Gasteiger partial charge is 0.123 e. The van der Waals surface area contributed by atoms with Crippen molar-refractivity contribution in [3.05, 3.63) is 65.5 Å². The topological polar surface area (TPSA) is 66.0 Å². The van der Waals surface area contributed by atoms with Crippen molar-refractivity contribution in [3.8, 4) is 0 Å². The fourth-order valence-corrected chi connectivity index (χ4v) is 2.14. The van der Waals surface area contributed by atoms with E-state index in [1.807, 2.05) is 48.7 Å². The summed E-state index contributed by atoms with van der Waals surface area (Å²) in [5.41, 5.74) is 8.61. The standard InChI is InChI=1S/C16H20N4/c1-20(11-9-14-7-4-5-10-19-14)12-13-6-2-3-8-15(13)16(17)18/h2-8,10H,9,11-12H2,1H3,(H3,17,18). The van der Waals surface area contributed by atoms with E-state index in [1.54, 1.807) is 0 Å². The van der Waals surface area contributed by atoms with Crippen molar-refractivity contribution < 1.29 is 0 Å². The Kier molecular flexibility index (Phi) is 4.85. The molecular formula is C16H20N4. The summed E-state index contributed by atoms with van der Waals surface area (Å²) in [6, 6.07) is 13.8. The van der Waals surface area contributed by atoms with Crippen LogP contribution in [-0.2, 0) is 13.0 Å². The SMILES string of the molecule is CN(CCc1ccccn1)Cc1ccccc1C(=N)N. The van der Waals surface area contributed by atoms with E-state index in [1.165, 1.54) is 0 Å². The molecule has 104 valence electrons. The predicted octanol–water partition coefficient (Wildman–Crippen LogP) is 2.04. The molecule has 1 aromatic heterocycles. The van der Waals surface area contributed by atoms with Gasteiger partial charge >= 0.3 is 0 Å². The predicted molar refractivity (Wildman–Crippen MR) is 81.7 cm³/mol. The molecule has 2 aromatic rings. The molecule has 4 heteroatoms. The van der Waals surface area contributed by atoms with E-state index in [4.69, 9.17) is 11.1 Å².